The summed E-state index contributed by atoms with van der Waals surface area (Å²) >= 11 is 0. The second-order valence-corrected chi connectivity index (χ2v) is 6.01. The van der Waals surface area contributed by atoms with Crippen LogP contribution >= 0.6 is 0 Å². The number of hydrogen-bond acceptors (Lipinski definition) is 4. The van der Waals surface area contributed by atoms with Crippen LogP contribution in [0.4, 0.5) is 0 Å². The lowest BCUT2D eigenvalue weighted by Gasteiger charge is -2.48. The van der Waals surface area contributed by atoms with Gasteiger partial charge in [-0.05, 0) is 62.6 Å². The van der Waals surface area contributed by atoms with E-state index in [0.717, 1.165) is 25.1 Å². The molecule has 0 aromatic carbocycles. The van der Waals surface area contributed by atoms with Crippen LogP contribution in [0.5, 0.6) is 0 Å². The highest BCUT2D eigenvalue weighted by Crippen LogP contribution is 2.47. The van der Waals surface area contributed by atoms with Crippen molar-refractivity contribution in [3.8, 4) is 0 Å². The molecule has 3 rings (SSSR count). The van der Waals surface area contributed by atoms with E-state index in [4.69, 9.17) is 10.6 Å². The van der Waals surface area contributed by atoms with Crippen molar-refractivity contribution in [2.45, 2.75) is 50.7 Å². The van der Waals surface area contributed by atoms with Gasteiger partial charge in [-0.2, -0.15) is 0 Å². The first-order valence-corrected chi connectivity index (χ1v) is 7.25. The molecule has 1 spiro atoms. The average Bonchev–Trinajstić information content (AvgIpc) is 2.38. The first-order valence-electron chi connectivity index (χ1n) is 7.25. The summed E-state index contributed by atoms with van der Waals surface area (Å²) in [6, 6.07) is 4.41. The number of nitrogens with zero attached hydrogens (tertiary/aromatic N) is 1. The molecule has 2 heterocycles. The van der Waals surface area contributed by atoms with Gasteiger partial charge < -0.3 is 4.74 Å². The Bertz CT molecular complexity index is 445. The lowest BCUT2D eigenvalue weighted by molar-refractivity contribution is -0.147. The fourth-order valence-corrected chi connectivity index (χ4v) is 3.54. The van der Waals surface area contributed by atoms with Crippen molar-refractivity contribution in [1.82, 2.24) is 10.4 Å². The Labute approximate surface area is 114 Å². The van der Waals surface area contributed by atoms with E-state index in [-0.39, 0.29) is 11.6 Å². The van der Waals surface area contributed by atoms with Crippen molar-refractivity contribution in [3.63, 3.8) is 0 Å². The summed E-state index contributed by atoms with van der Waals surface area (Å²) in [5, 5.41) is 0. The SMILES string of the molecule is Cc1cc(C(NN)C2CCOC3(CCC3)C2)ccn1. The molecule has 3 N–H and O–H groups in total. The van der Waals surface area contributed by atoms with E-state index in [1.807, 2.05) is 13.1 Å². The predicted molar refractivity (Wildman–Crippen MR) is 74.3 cm³/mol. The highest BCUT2D eigenvalue weighted by Gasteiger charge is 2.44. The second kappa shape index (κ2) is 5.19. The minimum Gasteiger partial charge on any atom is -0.375 e. The maximum atomic E-state index is 6.00. The maximum absolute atomic E-state index is 6.00. The standard InChI is InChI=1S/C15H23N3O/c1-11-9-12(3-7-17-11)14(18-16)13-4-8-19-15(10-13)5-2-6-15/h3,7,9,13-14,18H,2,4-6,8,10,16H2,1H3. The number of rotatable bonds is 3. The van der Waals surface area contributed by atoms with Gasteiger partial charge in [-0.15, -0.1) is 0 Å². The molecule has 1 aliphatic heterocycles. The van der Waals surface area contributed by atoms with Crippen LogP contribution in [0.1, 0.15) is 49.4 Å². The first kappa shape index (κ1) is 13.0. The number of hydrogen-bond donors (Lipinski definition) is 2. The normalized spacial score (nSPS) is 26.9. The van der Waals surface area contributed by atoms with Gasteiger partial charge in [0.05, 0.1) is 5.60 Å². The molecule has 2 atom stereocenters. The molecule has 1 aromatic rings. The Morgan fingerprint density at radius 2 is 2.37 bits per heavy atom. The van der Waals surface area contributed by atoms with Crippen LogP contribution in [0.3, 0.4) is 0 Å². The third-order valence-electron chi connectivity index (χ3n) is 4.73. The van der Waals surface area contributed by atoms with Gasteiger partial charge in [-0.25, -0.2) is 0 Å². The van der Waals surface area contributed by atoms with Crippen LogP contribution in [0.15, 0.2) is 18.3 Å². The Balaban J connectivity index is 1.78. The van der Waals surface area contributed by atoms with Gasteiger partial charge >= 0.3 is 0 Å². The van der Waals surface area contributed by atoms with Gasteiger partial charge in [-0.1, -0.05) is 0 Å². The van der Waals surface area contributed by atoms with Crippen LogP contribution < -0.4 is 11.3 Å². The third-order valence-corrected chi connectivity index (χ3v) is 4.73. The topological polar surface area (TPSA) is 60.2 Å². The predicted octanol–water partition coefficient (Wildman–Crippen LogP) is 2.24. The fraction of sp³-hybridized carbons (Fsp3) is 0.667. The summed E-state index contributed by atoms with van der Waals surface area (Å²) in [5.74, 6) is 6.38. The zero-order valence-electron chi connectivity index (χ0n) is 11.6. The van der Waals surface area contributed by atoms with Crippen molar-refractivity contribution in [2.75, 3.05) is 6.61 Å². The van der Waals surface area contributed by atoms with Crippen LogP contribution in [0, 0.1) is 12.8 Å². The van der Waals surface area contributed by atoms with Gasteiger partial charge in [-0.3, -0.25) is 16.3 Å². The molecule has 4 heteroatoms. The molecule has 1 aromatic heterocycles. The number of aromatic nitrogens is 1. The van der Waals surface area contributed by atoms with E-state index in [1.54, 1.807) is 0 Å². The number of ether oxygens (including phenoxy) is 1. The first-order chi connectivity index (χ1) is 9.22. The average molecular weight is 261 g/mol. The molecule has 104 valence electrons. The van der Waals surface area contributed by atoms with E-state index in [1.165, 1.54) is 24.8 Å². The van der Waals surface area contributed by atoms with Crippen molar-refractivity contribution in [3.05, 3.63) is 29.6 Å². The summed E-state index contributed by atoms with van der Waals surface area (Å²) in [7, 11) is 0. The molecule has 4 nitrogen and oxygen atoms in total. The quantitative estimate of drug-likeness (QED) is 0.647. The second-order valence-electron chi connectivity index (χ2n) is 6.01. The zero-order chi connectivity index (χ0) is 13.3. The molecule has 0 amide bonds. The molecular weight excluding hydrogens is 238 g/mol. The summed E-state index contributed by atoms with van der Waals surface area (Å²) < 4.78 is 6.00. The summed E-state index contributed by atoms with van der Waals surface area (Å²) in [4.78, 5) is 4.26. The molecule has 1 saturated heterocycles. The molecule has 1 saturated carbocycles. The van der Waals surface area contributed by atoms with E-state index in [0.29, 0.717) is 5.92 Å². The Hall–Kier alpha value is -0.970. The van der Waals surface area contributed by atoms with E-state index in [9.17, 15) is 0 Å². The monoisotopic (exact) mass is 261 g/mol. The summed E-state index contributed by atoms with van der Waals surface area (Å²) in [6.45, 7) is 2.89. The lowest BCUT2D eigenvalue weighted by atomic mass is 9.70. The fourth-order valence-electron chi connectivity index (χ4n) is 3.54. The Morgan fingerprint density at radius 3 is 3.00 bits per heavy atom. The number of hydrazine groups is 1. The summed E-state index contributed by atoms with van der Waals surface area (Å²) in [6.07, 6.45) is 7.82. The smallest absolute Gasteiger partial charge is 0.0686 e. The van der Waals surface area contributed by atoms with Gasteiger partial charge in [0, 0.05) is 24.5 Å². The Kier molecular flexibility index (Phi) is 3.56. The van der Waals surface area contributed by atoms with Crippen molar-refractivity contribution < 1.29 is 4.74 Å². The van der Waals surface area contributed by atoms with Crippen molar-refractivity contribution >= 4 is 0 Å². The third kappa shape index (κ3) is 2.53. The highest BCUT2D eigenvalue weighted by atomic mass is 16.5. The van der Waals surface area contributed by atoms with Crippen molar-refractivity contribution in [2.24, 2.45) is 11.8 Å². The molecule has 0 bridgehead atoms. The van der Waals surface area contributed by atoms with E-state index < -0.39 is 0 Å². The Morgan fingerprint density at radius 1 is 1.53 bits per heavy atom. The van der Waals surface area contributed by atoms with E-state index in [2.05, 4.69) is 22.5 Å². The van der Waals surface area contributed by atoms with Gasteiger partial charge in [0.1, 0.15) is 0 Å². The molecular formula is C15H23N3O. The number of nitrogens with one attached hydrogen (secondary N) is 1. The minimum absolute atomic E-state index is 0.167. The largest absolute Gasteiger partial charge is 0.375 e. The van der Waals surface area contributed by atoms with Crippen LogP contribution in [-0.4, -0.2) is 17.2 Å². The molecule has 19 heavy (non-hydrogen) atoms. The van der Waals surface area contributed by atoms with Crippen LogP contribution in [0.2, 0.25) is 0 Å². The highest BCUT2D eigenvalue weighted by molar-refractivity contribution is 5.20. The van der Waals surface area contributed by atoms with Gasteiger partial charge in [0.2, 0.25) is 0 Å². The van der Waals surface area contributed by atoms with Crippen molar-refractivity contribution in [1.29, 1.82) is 0 Å². The zero-order valence-corrected chi connectivity index (χ0v) is 11.6. The number of aryl methyl sites for hydroxylation is 1. The van der Waals surface area contributed by atoms with Crippen LogP contribution in [0.25, 0.3) is 0 Å². The summed E-state index contributed by atoms with van der Waals surface area (Å²) in [5.41, 5.74) is 5.48. The molecule has 2 aliphatic rings. The van der Waals surface area contributed by atoms with Gasteiger partial charge in [0.25, 0.3) is 0 Å². The molecule has 2 unspecified atom stereocenters. The molecule has 1 aliphatic carbocycles. The molecule has 2 fully saturated rings. The number of nitrogens with two attached hydrogens (primary N) is 1. The van der Waals surface area contributed by atoms with Crippen LogP contribution in [-0.2, 0) is 4.74 Å². The van der Waals surface area contributed by atoms with E-state index >= 15 is 0 Å². The number of pyridine rings is 1. The maximum Gasteiger partial charge on any atom is 0.0686 e. The lowest BCUT2D eigenvalue weighted by Crippen LogP contribution is -2.48. The molecule has 0 radical (unpaired) electrons. The van der Waals surface area contributed by atoms with Gasteiger partial charge in [0.15, 0.2) is 0 Å². The minimum atomic E-state index is 0.167.